The molecule has 3 rings (SSSR count). The lowest BCUT2D eigenvalue weighted by molar-refractivity contribution is 0.100. The molecule has 4 heteroatoms. The fraction of sp³-hybridized carbons (Fsp3) is 0.355. The fourth-order valence-electron chi connectivity index (χ4n) is 5.14. The molecule has 0 bridgehead atoms. The van der Waals surface area contributed by atoms with Gasteiger partial charge in [-0.25, -0.2) is 0 Å². The molecule has 0 saturated heterocycles. The van der Waals surface area contributed by atoms with E-state index in [1.54, 1.807) is 18.2 Å². The fourth-order valence-corrected chi connectivity index (χ4v) is 6.61. The Bertz CT molecular complexity index is 1270. The Kier molecular flexibility index (Phi) is 8.56. The van der Waals surface area contributed by atoms with Gasteiger partial charge < -0.3 is 0 Å². The lowest BCUT2D eigenvalue weighted by Gasteiger charge is -2.18. The summed E-state index contributed by atoms with van der Waals surface area (Å²) >= 11 is 0. The molecular weight excluding hydrogens is 451 g/mol. The van der Waals surface area contributed by atoms with Crippen molar-refractivity contribution in [3.8, 4) is 0 Å². The number of rotatable bonds is 9. The Hall–Kier alpha value is -2.90. The molecule has 35 heavy (non-hydrogen) atoms. The first-order valence-corrected chi connectivity index (χ1v) is 13.8. The maximum atomic E-state index is 14.2. The Morgan fingerprint density at radius 2 is 1.17 bits per heavy atom. The second kappa shape index (κ2) is 11.2. The summed E-state index contributed by atoms with van der Waals surface area (Å²) in [4.78, 5) is 28.1. The van der Waals surface area contributed by atoms with Crippen LogP contribution in [-0.2, 0) is 4.57 Å². The van der Waals surface area contributed by atoms with E-state index < -0.39 is 7.80 Å². The molecule has 1 atom stereocenters. The molecule has 0 saturated carbocycles. The Balaban J connectivity index is 2.26. The lowest BCUT2D eigenvalue weighted by atomic mass is 9.87. The van der Waals surface area contributed by atoms with Crippen molar-refractivity contribution in [3.63, 3.8) is 0 Å². The molecule has 0 aliphatic rings. The number of benzene rings is 3. The molecule has 3 aromatic carbocycles. The van der Waals surface area contributed by atoms with Gasteiger partial charge >= 0.3 is 0 Å². The SMILES string of the molecule is CCCCC[P](=O)c1cccc(C(=O)c2c(C)cc(C)cc2C)c1C(=O)c1c(C)cc(C)cc1C. The summed E-state index contributed by atoms with van der Waals surface area (Å²) in [6.07, 6.45) is 3.36. The van der Waals surface area contributed by atoms with Crippen LogP contribution in [0.15, 0.2) is 42.5 Å². The van der Waals surface area contributed by atoms with Gasteiger partial charge in [-0.2, -0.15) is 0 Å². The highest BCUT2D eigenvalue weighted by molar-refractivity contribution is 7.53. The Labute approximate surface area is 210 Å². The van der Waals surface area contributed by atoms with E-state index in [1.165, 1.54) is 0 Å². The van der Waals surface area contributed by atoms with Gasteiger partial charge in [0.05, 0.1) is 0 Å². The molecule has 0 aliphatic carbocycles. The first-order valence-electron chi connectivity index (χ1n) is 12.4. The number of ketones is 2. The summed E-state index contributed by atoms with van der Waals surface area (Å²) in [5.74, 6) is -0.412. The van der Waals surface area contributed by atoms with Gasteiger partial charge in [-0.15, -0.1) is 0 Å². The van der Waals surface area contributed by atoms with Crippen molar-refractivity contribution in [2.45, 2.75) is 67.7 Å². The second-order valence-corrected chi connectivity index (χ2v) is 11.4. The van der Waals surface area contributed by atoms with Gasteiger partial charge in [-0.3, -0.25) is 14.2 Å². The first-order chi connectivity index (χ1) is 16.6. The number of hydrogen-bond acceptors (Lipinski definition) is 3. The molecule has 183 valence electrons. The molecule has 0 aromatic heterocycles. The highest BCUT2D eigenvalue weighted by Crippen LogP contribution is 2.31. The van der Waals surface area contributed by atoms with E-state index >= 15 is 0 Å². The smallest absolute Gasteiger partial charge is 0.195 e. The molecule has 0 amide bonds. The average Bonchev–Trinajstić information content (AvgIpc) is 2.77. The van der Waals surface area contributed by atoms with Gasteiger partial charge in [-0.05, 0) is 76.3 Å². The summed E-state index contributed by atoms with van der Waals surface area (Å²) in [6.45, 7) is 13.8. The summed E-state index contributed by atoms with van der Waals surface area (Å²) in [7, 11) is -1.81. The van der Waals surface area contributed by atoms with Gasteiger partial charge in [0.25, 0.3) is 0 Å². The van der Waals surface area contributed by atoms with E-state index in [4.69, 9.17) is 0 Å². The predicted molar refractivity (Wildman–Crippen MR) is 146 cm³/mol. The number of hydrogen-bond donors (Lipinski definition) is 0. The largest absolute Gasteiger partial charge is 0.289 e. The van der Waals surface area contributed by atoms with E-state index in [0.717, 1.165) is 52.6 Å². The summed E-state index contributed by atoms with van der Waals surface area (Å²) < 4.78 is 13.5. The van der Waals surface area contributed by atoms with E-state index in [0.29, 0.717) is 33.7 Å². The minimum atomic E-state index is -1.81. The van der Waals surface area contributed by atoms with E-state index in [-0.39, 0.29) is 11.6 Å². The Morgan fingerprint density at radius 1 is 0.686 bits per heavy atom. The van der Waals surface area contributed by atoms with Crippen molar-refractivity contribution in [1.29, 1.82) is 0 Å². The molecule has 0 spiro atoms. The minimum Gasteiger partial charge on any atom is -0.289 e. The maximum Gasteiger partial charge on any atom is 0.195 e. The molecule has 1 radical (unpaired) electrons. The van der Waals surface area contributed by atoms with Crippen LogP contribution in [0.1, 0.15) is 91.4 Å². The third-order valence-corrected chi connectivity index (χ3v) is 8.19. The first kappa shape index (κ1) is 26.7. The monoisotopic (exact) mass is 487 g/mol. The van der Waals surface area contributed by atoms with Gasteiger partial charge in [0, 0.05) is 33.7 Å². The van der Waals surface area contributed by atoms with Crippen molar-refractivity contribution in [2.24, 2.45) is 0 Å². The quantitative estimate of drug-likeness (QED) is 0.177. The van der Waals surface area contributed by atoms with Crippen LogP contribution in [0, 0.1) is 41.5 Å². The summed E-state index contributed by atoms with van der Waals surface area (Å²) in [5, 5.41) is 0.494. The van der Waals surface area contributed by atoms with Gasteiger partial charge in [0.2, 0.25) is 0 Å². The average molecular weight is 488 g/mol. The lowest BCUT2D eigenvalue weighted by Crippen LogP contribution is -2.22. The van der Waals surface area contributed by atoms with Crippen LogP contribution >= 0.6 is 7.80 Å². The third kappa shape index (κ3) is 5.68. The third-order valence-electron chi connectivity index (χ3n) is 6.56. The molecule has 0 aliphatic heterocycles. The predicted octanol–water partition coefficient (Wildman–Crippen LogP) is 7.64. The standard InChI is InChI=1S/C31H36O3P/c1-8-9-10-14-35(34)26-13-11-12-25(30(32)27-21(4)15-19(2)16-22(27)5)29(26)31(33)28-23(6)17-20(3)18-24(28)7/h11-13,15-18H,8-10,14H2,1-7H3. The van der Waals surface area contributed by atoms with Crippen LogP contribution in [0.4, 0.5) is 0 Å². The molecule has 0 fully saturated rings. The number of carbonyl (C=O) groups is 2. The second-order valence-electron chi connectivity index (χ2n) is 9.71. The topological polar surface area (TPSA) is 51.2 Å². The van der Waals surface area contributed by atoms with Gasteiger partial charge in [-0.1, -0.05) is 67.3 Å². The highest BCUT2D eigenvalue weighted by Gasteiger charge is 2.28. The molecule has 1 unspecified atom stereocenters. The van der Waals surface area contributed by atoms with Crippen molar-refractivity contribution in [1.82, 2.24) is 0 Å². The zero-order chi connectivity index (χ0) is 25.9. The van der Waals surface area contributed by atoms with Crippen LogP contribution in [0.2, 0.25) is 0 Å². The number of aryl methyl sites for hydroxylation is 6. The van der Waals surface area contributed by atoms with Crippen LogP contribution in [0.25, 0.3) is 0 Å². The Morgan fingerprint density at radius 3 is 1.66 bits per heavy atom. The minimum absolute atomic E-state index is 0.190. The molecule has 3 nitrogen and oxygen atoms in total. The van der Waals surface area contributed by atoms with E-state index in [2.05, 4.69) is 6.92 Å². The van der Waals surface area contributed by atoms with Crippen LogP contribution in [0.5, 0.6) is 0 Å². The van der Waals surface area contributed by atoms with Crippen molar-refractivity contribution >= 4 is 24.7 Å². The summed E-state index contributed by atoms with van der Waals surface area (Å²) in [5.41, 5.74) is 7.49. The van der Waals surface area contributed by atoms with Crippen molar-refractivity contribution in [3.05, 3.63) is 98.1 Å². The maximum absolute atomic E-state index is 14.2. The van der Waals surface area contributed by atoms with Crippen molar-refractivity contribution < 1.29 is 14.2 Å². The molecule has 3 aromatic rings. The zero-order valence-corrected chi connectivity index (χ0v) is 22.9. The highest BCUT2D eigenvalue weighted by atomic mass is 31.1. The normalized spacial score (nSPS) is 11.5. The van der Waals surface area contributed by atoms with E-state index in [9.17, 15) is 14.2 Å². The van der Waals surface area contributed by atoms with Crippen LogP contribution < -0.4 is 5.30 Å². The number of unbranched alkanes of at least 4 members (excludes halogenated alkanes) is 2. The van der Waals surface area contributed by atoms with Gasteiger partial charge in [0.1, 0.15) is 7.80 Å². The van der Waals surface area contributed by atoms with Crippen LogP contribution in [0.3, 0.4) is 0 Å². The summed E-state index contributed by atoms with van der Waals surface area (Å²) in [6, 6.07) is 13.2. The molecule has 0 N–H and O–H groups in total. The zero-order valence-electron chi connectivity index (χ0n) is 22.0. The van der Waals surface area contributed by atoms with E-state index in [1.807, 2.05) is 65.8 Å². The van der Waals surface area contributed by atoms with Gasteiger partial charge in [0.15, 0.2) is 11.6 Å². The molecule has 0 heterocycles. The molecular formula is C31H36O3P. The number of carbonyl (C=O) groups excluding carboxylic acids is 2. The van der Waals surface area contributed by atoms with Crippen molar-refractivity contribution in [2.75, 3.05) is 6.16 Å². The van der Waals surface area contributed by atoms with Crippen LogP contribution in [-0.4, -0.2) is 17.7 Å².